The Morgan fingerprint density at radius 2 is 1.89 bits per heavy atom. The molecule has 0 radical (unpaired) electrons. The minimum absolute atomic E-state index is 0.0102. The summed E-state index contributed by atoms with van der Waals surface area (Å²) in [7, 11) is -3.68. The number of nitrogens with zero attached hydrogens (tertiary/aromatic N) is 1. The number of amides is 1. The fourth-order valence-corrected chi connectivity index (χ4v) is 2.79. The Bertz CT molecular complexity index is 1060. The number of carboxylic acid groups (broad SMARTS) is 1. The molecule has 27 heavy (non-hydrogen) atoms. The zero-order chi connectivity index (χ0) is 20.2. The van der Waals surface area contributed by atoms with Crippen LogP contribution in [-0.4, -0.2) is 36.6 Å². The topological polar surface area (TPSA) is 144 Å². The number of aromatic carboxylic acids is 1. The van der Waals surface area contributed by atoms with Crippen molar-refractivity contribution < 1.29 is 28.0 Å². The van der Waals surface area contributed by atoms with Gasteiger partial charge in [0, 0.05) is 30.2 Å². The lowest BCUT2D eigenvalue weighted by Gasteiger charge is -2.07. The smallest absolute Gasteiger partial charge is 0.335 e. The first-order chi connectivity index (χ1) is 12.6. The number of carbonyl (C=O) groups is 2. The third-order valence-corrected chi connectivity index (χ3v) is 4.45. The number of nitro benzene ring substituents is 1. The van der Waals surface area contributed by atoms with E-state index in [1.54, 1.807) is 6.07 Å². The molecule has 1 amide bonds. The van der Waals surface area contributed by atoms with Crippen LogP contribution in [0.1, 0.15) is 15.9 Å². The van der Waals surface area contributed by atoms with Crippen LogP contribution in [0.2, 0.25) is 0 Å². The molecule has 0 unspecified atom stereocenters. The van der Waals surface area contributed by atoms with E-state index in [0.29, 0.717) is 5.56 Å². The summed E-state index contributed by atoms with van der Waals surface area (Å²) in [6, 6.07) is 8.86. The van der Waals surface area contributed by atoms with Crippen molar-refractivity contribution in [3.63, 3.8) is 0 Å². The van der Waals surface area contributed by atoms with Gasteiger partial charge in [0.25, 0.3) is 5.69 Å². The van der Waals surface area contributed by atoms with Gasteiger partial charge in [0.2, 0.25) is 5.91 Å². The molecule has 0 aliphatic carbocycles. The van der Waals surface area contributed by atoms with E-state index in [1.165, 1.54) is 24.3 Å². The molecule has 0 fully saturated rings. The molecule has 0 atom stereocenters. The lowest BCUT2D eigenvalue weighted by atomic mass is 10.2. The third kappa shape index (κ3) is 5.47. The van der Waals surface area contributed by atoms with Crippen molar-refractivity contribution >= 4 is 39.2 Å². The maximum atomic E-state index is 12.0. The predicted molar refractivity (Wildman–Crippen MR) is 97.3 cm³/mol. The molecule has 140 valence electrons. The zero-order valence-corrected chi connectivity index (χ0v) is 14.8. The van der Waals surface area contributed by atoms with Gasteiger partial charge in [-0.05, 0) is 29.8 Å². The fraction of sp³-hybridized carbons (Fsp3) is 0.0588. The number of hydrogen-bond acceptors (Lipinski definition) is 6. The number of carbonyl (C=O) groups excluding carboxylic acids is 1. The van der Waals surface area contributed by atoms with Gasteiger partial charge in [-0.1, -0.05) is 12.1 Å². The molecule has 0 aliphatic heterocycles. The largest absolute Gasteiger partial charge is 0.478 e. The van der Waals surface area contributed by atoms with E-state index in [2.05, 4.69) is 5.32 Å². The van der Waals surface area contributed by atoms with Crippen molar-refractivity contribution in [2.45, 2.75) is 4.90 Å². The number of nitro groups is 1. The zero-order valence-electron chi connectivity index (χ0n) is 13.9. The SMILES string of the molecule is CS(=O)(=O)c1cc(NC(=O)/C=C/c2cccc([N+](=O)[O-])c2)cc(C(=O)O)c1. The van der Waals surface area contributed by atoms with Gasteiger partial charge in [-0.25, -0.2) is 13.2 Å². The minimum Gasteiger partial charge on any atom is -0.478 e. The second kappa shape index (κ2) is 7.79. The van der Waals surface area contributed by atoms with Gasteiger partial charge < -0.3 is 10.4 Å². The molecule has 0 saturated carbocycles. The number of non-ortho nitro benzene ring substituents is 1. The number of sulfone groups is 1. The Morgan fingerprint density at radius 3 is 2.48 bits per heavy atom. The van der Waals surface area contributed by atoms with E-state index in [-0.39, 0.29) is 21.8 Å². The summed E-state index contributed by atoms with van der Waals surface area (Å²) < 4.78 is 23.3. The van der Waals surface area contributed by atoms with E-state index in [9.17, 15) is 28.1 Å². The van der Waals surface area contributed by atoms with Gasteiger partial charge >= 0.3 is 5.97 Å². The normalized spacial score (nSPS) is 11.3. The molecule has 10 heteroatoms. The van der Waals surface area contributed by atoms with Crippen LogP contribution in [0, 0.1) is 10.1 Å². The summed E-state index contributed by atoms with van der Waals surface area (Å²) in [6.45, 7) is 0. The standard InChI is InChI=1S/C17H14N2O7S/c1-27(25,26)15-9-12(17(21)22)8-13(10-15)18-16(20)6-5-11-3-2-4-14(7-11)19(23)24/h2-10H,1H3,(H,18,20)(H,21,22)/b6-5+. The Labute approximate surface area is 154 Å². The second-order valence-electron chi connectivity index (χ2n) is 5.50. The number of benzene rings is 2. The summed E-state index contributed by atoms with van der Waals surface area (Å²) in [5.74, 6) is -2.01. The molecule has 0 heterocycles. The van der Waals surface area contributed by atoms with Crippen LogP contribution in [-0.2, 0) is 14.6 Å². The van der Waals surface area contributed by atoms with E-state index < -0.39 is 26.6 Å². The van der Waals surface area contributed by atoms with Gasteiger partial charge in [-0.15, -0.1) is 0 Å². The molecule has 0 aromatic heterocycles. The van der Waals surface area contributed by atoms with Gasteiger partial charge in [-0.2, -0.15) is 0 Å². The number of anilines is 1. The van der Waals surface area contributed by atoms with Crippen molar-refractivity contribution in [3.8, 4) is 0 Å². The highest BCUT2D eigenvalue weighted by Gasteiger charge is 2.14. The van der Waals surface area contributed by atoms with Gasteiger partial charge in [0.15, 0.2) is 9.84 Å². The van der Waals surface area contributed by atoms with E-state index in [4.69, 9.17) is 5.11 Å². The van der Waals surface area contributed by atoms with Crippen molar-refractivity contribution in [2.24, 2.45) is 0 Å². The first-order valence-electron chi connectivity index (χ1n) is 7.38. The second-order valence-corrected chi connectivity index (χ2v) is 7.51. The third-order valence-electron chi connectivity index (χ3n) is 3.36. The summed E-state index contributed by atoms with van der Waals surface area (Å²) in [6.07, 6.45) is 3.34. The molecule has 2 aromatic rings. The van der Waals surface area contributed by atoms with Gasteiger partial charge in [0.05, 0.1) is 15.4 Å². The maximum Gasteiger partial charge on any atom is 0.335 e. The predicted octanol–water partition coefficient (Wildman–Crippen LogP) is 2.35. The summed E-state index contributed by atoms with van der Waals surface area (Å²) in [5.41, 5.74) is -0.0279. The highest BCUT2D eigenvalue weighted by molar-refractivity contribution is 7.90. The Kier molecular flexibility index (Phi) is 5.71. The number of rotatable bonds is 6. The molecule has 0 spiro atoms. The van der Waals surface area contributed by atoms with E-state index >= 15 is 0 Å². The van der Waals surface area contributed by atoms with Crippen LogP contribution in [0.3, 0.4) is 0 Å². The van der Waals surface area contributed by atoms with Crippen molar-refractivity contribution in [3.05, 3.63) is 69.8 Å². The molecule has 0 bridgehead atoms. The Balaban J connectivity index is 2.25. The quantitative estimate of drug-likeness (QED) is 0.437. The van der Waals surface area contributed by atoms with E-state index in [0.717, 1.165) is 30.5 Å². The first kappa shape index (κ1) is 19.8. The average molecular weight is 390 g/mol. The number of carboxylic acids is 1. The monoisotopic (exact) mass is 390 g/mol. The van der Waals surface area contributed by atoms with Crippen LogP contribution in [0.4, 0.5) is 11.4 Å². The molecule has 2 N–H and O–H groups in total. The van der Waals surface area contributed by atoms with Crippen LogP contribution < -0.4 is 5.32 Å². The lowest BCUT2D eigenvalue weighted by molar-refractivity contribution is -0.384. The molecular formula is C17H14N2O7S. The Hall–Kier alpha value is -3.53. The van der Waals surface area contributed by atoms with Crippen molar-refractivity contribution in [1.29, 1.82) is 0 Å². The number of nitrogens with one attached hydrogen (secondary N) is 1. The summed E-state index contributed by atoms with van der Waals surface area (Å²) in [4.78, 5) is 33.1. The lowest BCUT2D eigenvalue weighted by Crippen LogP contribution is -2.10. The molecule has 9 nitrogen and oxygen atoms in total. The molecule has 0 aliphatic rings. The first-order valence-corrected chi connectivity index (χ1v) is 9.27. The average Bonchev–Trinajstić information content (AvgIpc) is 2.59. The van der Waals surface area contributed by atoms with Crippen molar-refractivity contribution in [2.75, 3.05) is 11.6 Å². The van der Waals surface area contributed by atoms with Gasteiger partial charge in [-0.3, -0.25) is 14.9 Å². The molecule has 2 rings (SSSR count). The molecule has 2 aromatic carbocycles. The van der Waals surface area contributed by atoms with Crippen LogP contribution in [0.25, 0.3) is 6.08 Å². The summed E-state index contributed by atoms with van der Waals surface area (Å²) in [5, 5.41) is 22.2. The molecular weight excluding hydrogens is 376 g/mol. The minimum atomic E-state index is -3.68. The highest BCUT2D eigenvalue weighted by atomic mass is 32.2. The maximum absolute atomic E-state index is 12.0. The molecule has 0 saturated heterocycles. The highest BCUT2D eigenvalue weighted by Crippen LogP contribution is 2.20. The fourth-order valence-electron chi connectivity index (χ4n) is 2.11. The van der Waals surface area contributed by atoms with Crippen LogP contribution in [0.5, 0.6) is 0 Å². The van der Waals surface area contributed by atoms with Gasteiger partial charge in [0.1, 0.15) is 0 Å². The van der Waals surface area contributed by atoms with Crippen LogP contribution >= 0.6 is 0 Å². The number of hydrogen-bond donors (Lipinski definition) is 2. The van der Waals surface area contributed by atoms with Crippen molar-refractivity contribution in [1.82, 2.24) is 0 Å². The Morgan fingerprint density at radius 1 is 1.19 bits per heavy atom. The summed E-state index contributed by atoms with van der Waals surface area (Å²) >= 11 is 0. The van der Waals surface area contributed by atoms with E-state index in [1.807, 2.05) is 0 Å². The van der Waals surface area contributed by atoms with Crippen LogP contribution in [0.15, 0.2) is 53.4 Å².